The fourth-order valence-electron chi connectivity index (χ4n) is 0.116. The molecule has 0 aromatic heterocycles. The minimum absolute atomic E-state index is 0.391. The first-order valence-electron chi connectivity index (χ1n) is 1.78. The van der Waals surface area contributed by atoms with E-state index in [2.05, 4.69) is 9.73 Å². The lowest BCUT2D eigenvalue weighted by Gasteiger charge is -1.88. The molecule has 0 bridgehead atoms. The highest BCUT2D eigenvalue weighted by Crippen LogP contribution is 1.72. The van der Waals surface area contributed by atoms with E-state index in [0.29, 0.717) is 5.90 Å². The normalized spacial score (nSPS) is 10.1. The molecule has 0 radical (unpaired) electrons. The van der Waals surface area contributed by atoms with Crippen LogP contribution in [0.25, 0.3) is 0 Å². The van der Waals surface area contributed by atoms with Crippen molar-refractivity contribution in [3.63, 3.8) is 0 Å². The van der Waals surface area contributed by atoms with E-state index in [1.165, 1.54) is 7.11 Å². The van der Waals surface area contributed by atoms with Crippen molar-refractivity contribution >= 4 is 5.90 Å². The summed E-state index contributed by atoms with van der Waals surface area (Å²) < 4.78 is 4.52. The van der Waals surface area contributed by atoms with E-state index in [-0.39, 0.29) is 0 Å². The molecule has 3 nitrogen and oxygen atoms in total. The molecule has 0 aliphatic heterocycles. The first-order valence-corrected chi connectivity index (χ1v) is 1.78. The number of nitriles is 1. The van der Waals surface area contributed by atoms with Crippen LogP contribution in [0.4, 0.5) is 0 Å². The van der Waals surface area contributed by atoms with Crippen LogP contribution in [0.2, 0.25) is 0 Å². The second-order valence-electron chi connectivity index (χ2n) is 0.935. The standard InChI is InChI=1S/C4H6N2O/c1-4(7-2)6-3-5/h1-2H3. The van der Waals surface area contributed by atoms with Gasteiger partial charge in [0.25, 0.3) is 0 Å². The van der Waals surface area contributed by atoms with Crippen molar-refractivity contribution in [1.29, 1.82) is 5.26 Å². The molecular weight excluding hydrogens is 92.1 g/mol. The maximum absolute atomic E-state index is 7.85. The van der Waals surface area contributed by atoms with Gasteiger partial charge in [-0.2, -0.15) is 5.26 Å². The summed E-state index contributed by atoms with van der Waals surface area (Å²) in [5, 5.41) is 7.85. The van der Waals surface area contributed by atoms with Crippen molar-refractivity contribution in [3.8, 4) is 6.19 Å². The summed E-state index contributed by atoms with van der Waals surface area (Å²) in [7, 11) is 1.47. The van der Waals surface area contributed by atoms with Crippen LogP contribution < -0.4 is 0 Å². The van der Waals surface area contributed by atoms with Gasteiger partial charge < -0.3 is 4.74 Å². The molecule has 0 aliphatic rings. The van der Waals surface area contributed by atoms with Gasteiger partial charge in [0.05, 0.1) is 7.11 Å². The summed E-state index contributed by atoms with van der Waals surface area (Å²) in [6, 6.07) is 0. The molecule has 0 rings (SSSR count). The third-order valence-corrected chi connectivity index (χ3v) is 0.503. The van der Waals surface area contributed by atoms with Gasteiger partial charge in [0.1, 0.15) is 0 Å². The predicted molar refractivity (Wildman–Crippen MR) is 25.7 cm³/mol. The molecule has 0 fully saturated rings. The van der Waals surface area contributed by atoms with Gasteiger partial charge in [-0.15, -0.1) is 4.99 Å². The Morgan fingerprint density at radius 1 is 1.86 bits per heavy atom. The molecule has 0 aliphatic carbocycles. The van der Waals surface area contributed by atoms with Crippen LogP contribution in [0.15, 0.2) is 4.99 Å². The number of rotatable bonds is 0. The van der Waals surface area contributed by atoms with Gasteiger partial charge in [-0.1, -0.05) is 0 Å². The molecule has 3 heteroatoms. The van der Waals surface area contributed by atoms with Crippen molar-refractivity contribution in [1.82, 2.24) is 0 Å². The highest BCUT2D eigenvalue weighted by atomic mass is 16.5. The topological polar surface area (TPSA) is 45.4 Å². The number of methoxy groups -OCH3 is 1. The van der Waals surface area contributed by atoms with Crippen molar-refractivity contribution < 1.29 is 4.74 Å². The Morgan fingerprint density at radius 3 is 2.57 bits per heavy atom. The molecule has 0 unspecified atom stereocenters. The zero-order chi connectivity index (χ0) is 5.70. The number of hydrogen-bond acceptors (Lipinski definition) is 3. The second-order valence-corrected chi connectivity index (χ2v) is 0.935. The lowest BCUT2D eigenvalue weighted by Crippen LogP contribution is -1.90. The van der Waals surface area contributed by atoms with Gasteiger partial charge in [-0.25, -0.2) is 0 Å². The molecule has 0 heterocycles. The summed E-state index contributed by atoms with van der Waals surface area (Å²) in [5.74, 6) is 0.391. The molecule has 0 amide bonds. The van der Waals surface area contributed by atoms with Crippen LogP contribution >= 0.6 is 0 Å². The molecule has 7 heavy (non-hydrogen) atoms. The third-order valence-electron chi connectivity index (χ3n) is 0.503. The summed E-state index contributed by atoms with van der Waals surface area (Å²) in [4.78, 5) is 3.24. The highest BCUT2D eigenvalue weighted by Gasteiger charge is 1.78. The largest absolute Gasteiger partial charge is 0.484 e. The van der Waals surface area contributed by atoms with E-state index in [0.717, 1.165) is 0 Å². The molecule has 0 saturated carbocycles. The van der Waals surface area contributed by atoms with Crippen LogP contribution in [0.1, 0.15) is 6.92 Å². The predicted octanol–water partition coefficient (Wildman–Crippen LogP) is 0.532. The molecule has 0 aromatic rings. The summed E-state index contributed by atoms with van der Waals surface area (Å²) in [5.41, 5.74) is 0. The van der Waals surface area contributed by atoms with Crippen molar-refractivity contribution in [2.45, 2.75) is 6.92 Å². The zero-order valence-electron chi connectivity index (χ0n) is 4.30. The van der Waals surface area contributed by atoms with E-state index < -0.39 is 0 Å². The van der Waals surface area contributed by atoms with E-state index in [9.17, 15) is 0 Å². The minimum atomic E-state index is 0.391. The van der Waals surface area contributed by atoms with E-state index >= 15 is 0 Å². The molecule has 0 atom stereocenters. The van der Waals surface area contributed by atoms with E-state index in [4.69, 9.17) is 5.26 Å². The first-order chi connectivity index (χ1) is 3.31. The highest BCUT2D eigenvalue weighted by molar-refractivity contribution is 5.73. The maximum Gasteiger partial charge on any atom is 0.208 e. The van der Waals surface area contributed by atoms with Crippen LogP contribution in [-0.4, -0.2) is 13.0 Å². The van der Waals surface area contributed by atoms with Crippen LogP contribution in [0, 0.1) is 11.5 Å². The fourth-order valence-corrected chi connectivity index (χ4v) is 0.116. The molecule has 0 aromatic carbocycles. The minimum Gasteiger partial charge on any atom is -0.484 e. The first kappa shape index (κ1) is 5.96. The maximum atomic E-state index is 7.85. The molecule has 0 spiro atoms. The van der Waals surface area contributed by atoms with Gasteiger partial charge in [0.15, 0.2) is 5.90 Å². The van der Waals surface area contributed by atoms with Gasteiger partial charge in [-0.05, 0) is 0 Å². The lowest BCUT2D eigenvalue weighted by atomic mass is 10.8. The quantitative estimate of drug-likeness (QED) is 0.252. The second kappa shape index (κ2) is 3.16. The van der Waals surface area contributed by atoms with Crippen molar-refractivity contribution in [2.24, 2.45) is 4.99 Å². The van der Waals surface area contributed by atoms with Crippen molar-refractivity contribution in [2.75, 3.05) is 7.11 Å². The van der Waals surface area contributed by atoms with Gasteiger partial charge in [0.2, 0.25) is 6.19 Å². The monoisotopic (exact) mass is 98.0 g/mol. The fraction of sp³-hybridized carbons (Fsp3) is 0.500. The zero-order valence-corrected chi connectivity index (χ0v) is 4.30. The van der Waals surface area contributed by atoms with E-state index in [1.807, 2.05) is 0 Å². The van der Waals surface area contributed by atoms with Gasteiger partial charge in [0, 0.05) is 6.92 Å². The van der Waals surface area contributed by atoms with Crippen molar-refractivity contribution in [3.05, 3.63) is 0 Å². The Bertz CT molecular complexity index is 111. The lowest BCUT2D eigenvalue weighted by molar-refractivity contribution is 0.400. The average Bonchev–Trinajstić information content (AvgIpc) is 1.68. The van der Waals surface area contributed by atoms with Crippen LogP contribution in [0.3, 0.4) is 0 Å². The number of aliphatic imine (C=N–C) groups is 1. The molecule has 0 saturated heterocycles. The Labute approximate surface area is 42.2 Å². The Balaban J connectivity index is 3.56. The molecule has 38 valence electrons. The number of ether oxygens (including phenoxy) is 1. The summed E-state index contributed by atoms with van der Waals surface area (Å²) in [6.45, 7) is 1.61. The van der Waals surface area contributed by atoms with Gasteiger partial charge >= 0.3 is 0 Å². The van der Waals surface area contributed by atoms with Crippen LogP contribution in [0.5, 0.6) is 0 Å². The third kappa shape index (κ3) is 2.77. The summed E-state index contributed by atoms with van der Waals surface area (Å²) >= 11 is 0. The van der Waals surface area contributed by atoms with Gasteiger partial charge in [-0.3, -0.25) is 0 Å². The number of hydrogen-bond donors (Lipinski definition) is 0. The van der Waals surface area contributed by atoms with E-state index in [1.54, 1.807) is 13.1 Å². The average molecular weight is 98.1 g/mol. The smallest absolute Gasteiger partial charge is 0.208 e. The molecular formula is C4H6N2O. The Hall–Kier alpha value is -1.04. The molecule has 0 N–H and O–H groups in total. The number of nitrogens with zero attached hydrogens (tertiary/aromatic N) is 2. The Kier molecular flexibility index (Phi) is 2.69. The van der Waals surface area contributed by atoms with Crippen LogP contribution in [-0.2, 0) is 4.74 Å². The Morgan fingerprint density at radius 2 is 2.43 bits per heavy atom. The summed E-state index contributed by atoms with van der Waals surface area (Å²) in [6.07, 6.45) is 1.58. The SMILES string of the molecule is COC(C)=NC#N.